The van der Waals surface area contributed by atoms with Crippen LogP contribution in [0.15, 0.2) is 81.0 Å². The molecule has 3 aliphatic rings. The number of thioether (sulfide) groups is 1. The van der Waals surface area contributed by atoms with Crippen LogP contribution in [0.25, 0.3) is 6.08 Å². The van der Waals surface area contributed by atoms with Crippen molar-refractivity contribution in [3.8, 4) is 0 Å². The zero-order valence-electron chi connectivity index (χ0n) is 19.8. The minimum atomic E-state index is -0.363. The predicted molar refractivity (Wildman–Crippen MR) is 135 cm³/mol. The van der Waals surface area contributed by atoms with Crippen molar-refractivity contribution in [2.45, 2.75) is 39.7 Å². The number of halogens is 2. The molecule has 0 saturated heterocycles. The fourth-order valence-electron chi connectivity index (χ4n) is 4.98. The van der Waals surface area contributed by atoms with E-state index in [9.17, 15) is 13.6 Å². The second-order valence-electron chi connectivity index (χ2n) is 9.06. The number of allylic oxidation sites excluding steroid dienone is 2. The molecule has 4 nitrogen and oxygen atoms in total. The van der Waals surface area contributed by atoms with Crippen molar-refractivity contribution in [2.24, 2.45) is 10.9 Å². The lowest BCUT2D eigenvalue weighted by molar-refractivity contribution is -0.137. The highest BCUT2D eigenvalue weighted by Gasteiger charge is 2.43. The van der Waals surface area contributed by atoms with Gasteiger partial charge in [0.05, 0.1) is 18.3 Å². The third-order valence-electron chi connectivity index (χ3n) is 6.49. The molecule has 35 heavy (non-hydrogen) atoms. The van der Waals surface area contributed by atoms with E-state index in [4.69, 9.17) is 9.73 Å². The number of benzene rings is 2. The first kappa shape index (κ1) is 23.5. The number of carbonyl (C=O) groups excluding carboxylic acids is 1. The van der Waals surface area contributed by atoms with Crippen LogP contribution in [-0.2, 0) is 9.53 Å². The number of hydrogen-bond donors (Lipinski definition) is 0. The Morgan fingerprint density at radius 2 is 1.77 bits per heavy atom. The highest BCUT2D eigenvalue weighted by Crippen LogP contribution is 2.52. The van der Waals surface area contributed by atoms with Crippen LogP contribution in [0.5, 0.6) is 0 Å². The fraction of sp³-hybridized carbons (Fsp3) is 0.286. The molecule has 2 aromatic rings. The number of amidine groups is 1. The molecule has 1 aliphatic carbocycles. The Hall–Kier alpha value is -3.19. The number of ether oxygens (including phenoxy) is 1. The molecular weight excluding hydrogens is 466 g/mol. The molecule has 0 radical (unpaired) electrons. The van der Waals surface area contributed by atoms with Gasteiger partial charge >= 0.3 is 5.97 Å². The van der Waals surface area contributed by atoms with Crippen molar-refractivity contribution in [2.75, 3.05) is 6.61 Å². The molecule has 0 N–H and O–H groups in total. The van der Waals surface area contributed by atoms with Crippen LogP contribution in [0.1, 0.15) is 50.8 Å². The average molecular weight is 493 g/mol. The van der Waals surface area contributed by atoms with Crippen molar-refractivity contribution < 1.29 is 18.3 Å². The molecule has 2 heterocycles. The molecule has 0 aromatic heterocycles. The van der Waals surface area contributed by atoms with Crippen molar-refractivity contribution in [1.29, 1.82) is 0 Å². The molecule has 5 rings (SSSR count). The maximum Gasteiger partial charge on any atom is 0.346 e. The van der Waals surface area contributed by atoms with Crippen LogP contribution < -0.4 is 0 Å². The summed E-state index contributed by atoms with van der Waals surface area (Å²) in [6, 6.07) is 12.8. The Labute approximate surface area is 208 Å². The first-order chi connectivity index (χ1) is 16.9. The van der Waals surface area contributed by atoms with Gasteiger partial charge < -0.3 is 9.64 Å². The maximum absolute atomic E-state index is 13.8. The van der Waals surface area contributed by atoms with E-state index < -0.39 is 0 Å². The molecule has 180 valence electrons. The van der Waals surface area contributed by atoms with Crippen molar-refractivity contribution >= 4 is 29.0 Å². The van der Waals surface area contributed by atoms with Gasteiger partial charge in [-0.1, -0.05) is 31.2 Å². The smallest absolute Gasteiger partial charge is 0.346 e. The van der Waals surface area contributed by atoms with Gasteiger partial charge in [0.2, 0.25) is 0 Å². The molecular formula is C28H26F2N2O2S. The first-order valence-corrected chi connectivity index (χ1v) is 12.6. The second kappa shape index (κ2) is 9.46. The largest absolute Gasteiger partial charge is 0.462 e. The lowest BCUT2D eigenvalue weighted by atomic mass is 9.78. The van der Waals surface area contributed by atoms with Crippen molar-refractivity contribution in [3.05, 3.63) is 98.7 Å². The van der Waals surface area contributed by atoms with Crippen molar-refractivity contribution in [3.63, 3.8) is 0 Å². The monoisotopic (exact) mass is 492 g/mol. The predicted octanol–water partition coefficient (Wildman–Crippen LogP) is 6.99. The number of aliphatic imine (C=N–C) groups is 1. The van der Waals surface area contributed by atoms with E-state index in [2.05, 4.69) is 17.9 Å². The zero-order valence-corrected chi connectivity index (χ0v) is 20.7. The molecule has 0 fully saturated rings. The van der Waals surface area contributed by atoms with Crippen LogP contribution in [0.4, 0.5) is 8.78 Å². The Balaban J connectivity index is 1.66. The molecule has 7 heteroatoms. The lowest BCUT2D eigenvalue weighted by Gasteiger charge is -2.40. The normalized spacial score (nSPS) is 22.8. The number of carbonyl (C=O) groups is 1. The molecule has 0 unspecified atom stereocenters. The van der Waals surface area contributed by atoms with Gasteiger partial charge in [-0.05, 0) is 97.0 Å². The maximum atomic E-state index is 13.8. The van der Waals surface area contributed by atoms with E-state index in [-0.39, 0.29) is 23.6 Å². The molecule has 2 aliphatic heterocycles. The summed E-state index contributed by atoms with van der Waals surface area (Å²) in [7, 11) is 0. The summed E-state index contributed by atoms with van der Waals surface area (Å²) in [4.78, 5) is 20.4. The quantitative estimate of drug-likeness (QED) is 0.432. The highest BCUT2D eigenvalue weighted by molar-refractivity contribution is 8.18. The van der Waals surface area contributed by atoms with Crippen molar-refractivity contribution in [1.82, 2.24) is 4.90 Å². The molecule has 2 aromatic carbocycles. The summed E-state index contributed by atoms with van der Waals surface area (Å²) in [6.07, 6.45) is 3.74. The molecule has 0 spiro atoms. The van der Waals surface area contributed by atoms with Gasteiger partial charge in [0.15, 0.2) is 5.17 Å². The number of hydrogen-bond acceptors (Lipinski definition) is 5. The van der Waals surface area contributed by atoms with Crippen LogP contribution in [-0.4, -0.2) is 22.6 Å². The molecule has 0 amide bonds. The van der Waals surface area contributed by atoms with Crippen LogP contribution in [0.3, 0.4) is 0 Å². The topological polar surface area (TPSA) is 41.9 Å². The van der Waals surface area contributed by atoms with E-state index in [1.807, 2.05) is 6.92 Å². The number of nitrogens with zero attached hydrogens (tertiary/aromatic N) is 2. The summed E-state index contributed by atoms with van der Waals surface area (Å²) >= 11 is 1.32. The Bertz CT molecular complexity index is 1290. The average Bonchev–Trinajstić information content (AvgIpc) is 3.16. The third-order valence-corrected chi connectivity index (χ3v) is 7.62. The zero-order chi connectivity index (χ0) is 24.7. The van der Waals surface area contributed by atoms with E-state index >= 15 is 0 Å². The standard InChI is InChI=1S/C28H26F2N2O2S/c1-4-34-27(33)26-17(3)32-25(19-7-11-22(30)12-8-19)23-14-16(2)13-20(24(23)31-28(32)35-26)15-18-5-9-21(29)10-6-18/h5-12,15-16,25H,4,13-14H2,1-3H3/b20-15-/t16-,25-/m1/s1. The van der Waals surface area contributed by atoms with E-state index in [0.717, 1.165) is 46.5 Å². The lowest BCUT2D eigenvalue weighted by Crippen LogP contribution is -2.35. The summed E-state index contributed by atoms with van der Waals surface area (Å²) in [5.74, 6) is -0.566. The van der Waals surface area contributed by atoms with Gasteiger partial charge in [0, 0.05) is 5.70 Å². The van der Waals surface area contributed by atoms with Gasteiger partial charge in [-0.15, -0.1) is 0 Å². The number of rotatable bonds is 4. The van der Waals surface area contributed by atoms with E-state index in [1.54, 1.807) is 31.2 Å². The van der Waals surface area contributed by atoms with Gasteiger partial charge in [-0.25, -0.2) is 18.6 Å². The SMILES string of the molecule is CCOC(=O)C1=C(C)N2C(=NC3=C(C[C@H](C)C/C3=C/c3ccc(F)cc3)[C@H]2c2ccc(F)cc2)S1. The molecule has 0 bridgehead atoms. The van der Waals surface area contributed by atoms with Crippen LogP contribution in [0.2, 0.25) is 0 Å². The van der Waals surface area contributed by atoms with Gasteiger partial charge in [-0.3, -0.25) is 0 Å². The highest BCUT2D eigenvalue weighted by atomic mass is 32.2. The van der Waals surface area contributed by atoms with Gasteiger partial charge in [0.1, 0.15) is 16.5 Å². The van der Waals surface area contributed by atoms with E-state index in [1.165, 1.54) is 36.0 Å². The Morgan fingerprint density at radius 1 is 1.11 bits per heavy atom. The van der Waals surface area contributed by atoms with Crippen LogP contribution >= 0.6 is 11.8 Å². The minimum absolute atomic E-state index is 0.211. The number of esters is 1. The summed E-state index contributed by atoms with van der Waals surface area (Å²) in [6.45, 7) is 6.19. The second-order valence-corrected chi connectivity index (χ2v) is 10.0. The van der Waals surface area contributed by atoms with Gasteiger partial charge in [-0.2, -0.15) is 0 Å². The molecule has 2 atom stereocenters. The summed E-state index contributed by atoms with van der Waals surface area (Å²) in [5, 5.41) is 0.707. The van der Waals surface area contributed by atoms with Gasteiger partial charge in [0.25, 0.3) is 0 Å². The Morgan fingerprint density at radius 3 is 2.43 bits per heavy atom. The summed E-state index contributed by atoms with van der Waals surface area (Å²) in [5.41, 5.74) is 5.74. The van der Waals surface area contributed by atoms with Crippen LogP contribution in [0, 0.1) is 17.6 Å². The third kappa shape index (κ3) is 4.45. The Kier molecular flexibility index (Phi) is 6.36. The fourth-order valence-corrected chi connectivity index (χ4v) is 6.02. The number of fused-ring (bicyclic) bond motifs is 1. The summed E-state index contributed by atoms with van der Waals surface area (Å²) < 4.78 is 32.6. The minimum Gasteiger partial charge on any atom is -0.462 e. The molecule has 0 saturated carbocycles. The first-order valence-electron chi connectivity index (χ1n) is 11.7. The van der Waals surface area contributed by atoms with E-state index in [0.29, 0.717) is 22.6 Å².